The normalized spacial score (nSPS) is 16.2. The highest BCUT2D eigenvalue weighted by molar-refractivity contribution is 5.96. The van der Waals surface area contributed by atoms with Crippen LogP contribution in [0.2, 0.25) is 0 Å². The van der Waals surface area contributed by atoms with Crippen LogP contribution in [0.3, 0.4) is 0 Å². The van der Waals surface area contributed by atoms with Gasteiger partial charge in [0.15, 0.2) is 0 Å². The summed E-state index contributed by atoms with van der Waals surface area (Å²) in [5, 5.41) is 0. The third kappa shape index (κ3) is 2.23. The van der Waals surface area contributed by atoms with Gasteiger partial charge in [-0.05, 0) is 24.6 Å². The van der Waals surface area contributed by atoms with Crippen LogP contribution in [0.15, 0.2) is 18.2 Å². The lowest BCUT2D eigenvalue weighted by Gasteiger charge is -2.21. The molecule has 1 fully saturated rings. The molecular weight excluding hydrogens is 247 g/mol. The molecule has 1 aromatic carbocycles. The molecule has 0 radical (unpaired) electrons. The summed E-state index contributed by atoms with van der Waals surface area (Å²) in [5.74, 6) is -0.320. The second-order valence-corrected chi connectivity index (χ2v) is 4.04. The van der Waals surface area contributed by atoms with Gasteiger partial charge in [-0.25, -0.2) is 0 Å². The third-order valence-corrected chi connectivity index (χ3v) is 2.83. The number of hydrogen-bond acceptors (Lipinski definition) is 2. The molecule has 1 aliphatic rings. The van der Waals surface area contributed by atoms with Crippen LogP contribution >= 0.6 is 0 Å². The fourth-order valence-electron chi connectivity index (χ4n) is 1.99. The molecule has 3 nitrogen and oxygen atoms in total. The molecule has 1 amide bonds. The van der Waals surface area contributed by atoms with Gasteiger partial charge in [-0.3, -0.25) is 9.59 Å². The minimum absolute atomic E-state index is 0.0577. The Hall–Kier alpha value is -1.85. The Kier molecular flexibility index (Phi) is 3.11. The molecule has 0 atom stereocenters. The maximum Gasteiger partial charge on any atom is 0.418 e. The highest BCUT2D eigenvalue weighted by Crippen LogP contribution is 2.38. The van der Waals surface area contributed by atoms with E-state index in [1.807, 2.05) is 0 Å². The minimum atomic E-state index is -4.59. The number of amides is 1. The van der Waals surface area contributed by atoms with Gasteiger partial charge >= 0.3 is 6.18 Å². The zero-order chi connectivity index (χ0) is 13.3. The summed E-state index contributed by atoms with van der Waals surface area (Å²) in [7, 11) is 0. The van der Waals surface area contributed by atoms with Gasteiger partial charge in [0.1, 0.15) is 6.29 Å². The van der Waals surface area contributed by atoms with Gasteiger partial charge in [0.2, 0.25) is 5.91 Å². The van der Waals surface area contributed by atoms with Crippen molar-refractivity contribution in [1.29, 1.82) is 0 Å². The van der Waals surface area contributed by atoms with E-state index in [0.29, 0.717) is 12.7 Å². The van der Waals surface area contributed by atoms with Crippen LogP contribution in [-0.2, 0) is 11.0 Å². The number of rotatable bonds is 2. The lowest BCUT2D eigenvalue weighted by molar-refractivity contribution is -0.137. The zero-order valence-electron chi connectivity index (χ0n) is 9.33. The molecule has 1 saturated heterocycles. The standard InChI is InChI=1S/C12H10F3NO2/c13-12(14,15)9-6-8(7-17)3-4-10(9)16-5-1-2-11(16)18/h3-4,6-7H,1-2,5H2. The number of carbonyl (C=O) groups excluding carboxylic acids is 2. The van der Waals surface area contributed by atoms with E-state index in [1.165, 1.54) is 12.1 Å². The van der Waals surface area contributed by atoms with Crippen LogP contribution in [-0.4, -0.2) is 18.7 Å². The van der Waals surface area contributed by atoms with Gasteiger partial charge in [-0.2, -0.15) is 13.2 Å². The number of carbonyl (C=O) groups is 2. The Bertz CT molecular complexity index is 497. The van der Waals surface area contributed by atoms with Gasteiger partial charge in [-0.1, -0.05) is 0 Å². The van der Waals surface area contributed by atoms with Crippen LogP contribution in [0.25, 0.3) is 0 Å². The molecule has 0 unspecified atom stereocenters. The summed E-state index contributed by atoms with van der Waals surface area (Å²) in [5.41, 5.74) is -1.17. The summed E-state index contributed by atoms with van der Waals surface area (Å²) in [6, 6.07) is 3.23. The number of hydrogen-bond donors (Lipinski definition) is 0. The van der Waals surface area contributed by atoms with Crippen LogP contribution in [0, 0.1) is 0 Å². The molecule has 0 spiro atoms. The first-order chi connectivity index (χ1) is 8.43. The molecule has 0 N–H and O–H groups in total. The van der Waals surface area contributed by atoms with Crippen molar-refractivity contribution in [3.8, 4) is 0 Å². The topological polar surface area (TPSA) is 37.4 Å². The Morgan fingerprint density at radius 3 is 2.50 bits per heavy atom. The molecule has 0 saturated carbocycles. The van der Waals surface area contributed by atoms with E-state index in [4.69, 9.17) is 0 Å². The smallest absolute Gasteiger partial charge is 0.312 e. The highest BCUT2D eigenvalue weighted by atomic mass is 19.4. The number of alkyl halides is 3. The van der Waals surface area contributed by atoms with Crippen LogP contribution in [0.1, 0.15) is 28.8 Å². The average molecular weight is 257 g/mol. The van der Waals surface area contributed by atoms with E-state index in [0.717, 1.165) is 11.0 Å². The fourth-order valence-corrected chi connectivity index (χ4v) is 1.99. The second-order valence-electron chi connectivity index (χ2n) is 4.04. The predicted molar refractivity (Wildman–Crippen MR) is 58.4 cm³/mol. The Morgan fingerprint density at radius 1 is 1.28 bits per heavy atom. The summed E-state index contributed by atoms with van der Waals surface area (Å²) in [6.07, 6.45) is -3.43. The average Bonchev–Trinajstić information content (AvgIpc) is 2.73. The first kappa shape index (κ1) is 12.6. The maximum absolute atomic E-state index is 12.9. The van der Waals surface area contributed by atoms with Crippen molar-refractivity contribution < 1.29 is 22.8 Å². The quantitative estimate of drug-likeness (QED) is 0.764. The van der Waals surface area contributed by atoms with E-state index in [9.17, 15) is 22.8 Å². The fraction of sp³-hybridized carbons (Fsp3) is 0.333. The third-order valence-electron chi connectivity index (χ3n) is 2.83. The second kappa shape index (κ2) is 4.44. The molecule has 6 heteroatoms. The molecule has 1 aliphatic heterocycles. The summed E-state index contributed by atoms with van der Waals surface area (Å²) < 4.78 is 38.7. The SMILES string of the molecule is O=Cc1ccc(N2CCCC2=O)c(C(F)(F)F)c1. The summed E-state index contributed by atoms with van der Waals surface area (Å²) in [4.78, 5) is 23.2. The first-order valence-electron chi connectivity index (χ1n) is 5.40. The van der Waals surface area contributed by atoms with Gasteiger partial charge < -0.3 is 4.90 Å². The summed E-state index contributed by atoms with van der Waals surface area (Å²) >= 11 is 0. The van der Waals surface area contributed by atoms with Gasteiger partial charge in [0, 0.05) is 18.5 Å². The van der Waals surface area contributed by atoms with Crippen molar-refractivity contribution >= 4 is 17.9 Å². The van der Waals surface area contributed by atoms with Crippen molar-refractivity contribution in [2.75, 3.05) is 11.4 Å². The van der Waals surface area contributed by atoms with E-state index >= 15 is 0 Å². The summed E-state index contributed by atoms with van der Waals surface area (Å²) in [6.45, 7) is 0.280. The van der Waals surface area contributed by atoms with Crippen molar-refractivity contribution in [2.45, 2.75) is 19.0 Å². The zero-order valence-corrected chi connectivity index (χ0v) is 9.33. The molecule has 18 heavy (non-hydrogen) atoms. The molecule has 0 aromatic heterocycles. The molecule has 2 rings (SSSR count). The molecule has 96 valence electrons. The Labute approximate surface area is 101 Å². The molecule has 0 bridgehead atoms. The van der Waals surface area contributed by atoms with E-state index in [2.05, 4.69) is 0 Å². The van der Waals surface area contributed by atoms with Gasteiger partial charge in [-0.15, -0.1) is 0 Å². The van der Waals surface area contributed by atoms with Crippen LogP contribution in [0.4, 0.5) is 18.9 Å². The monoisotopic (exact) mass is 257 g/mol. The number of anilines is 1. The van der Waals surface area contributed by atoms with Gasteiger partial charge in [0.25, 0.3) is 0 Å². The molecule has 1 heterocycles. The first-order valence-corrected chi connectivity index (χ1v) is 5.40. The predicted octanol–water partition coefficient (Wildman–Crippen LogP) is 2.64. The minimum Gasteiger partial charge on any atom is -0.312 e. The Balaban J connectivity index is 2.52. The number of halogens is 3. The number of benzene rings is 1. The van der Waals surface area contributed by atoms with Gasteiger partial charge in [0.05, 0.1) is 11.3 Å². The lowest BCUT2D eigenvalue weighted by atomic mass is 10.1. The van der Waals surface area contributed by atoms with Crippen LogP contribution in [0.5, 0.6) is 0 Å². The van der Waals surface area contributed by atoms with E-state index in [1.54, 1.807) is 0 Å². The van der Waals surface area contributed by atoms with Crippen LogP contribution < -0.4 is 4.90 Å². The Morgan fingerprint density at radius 2 is 2.00 bits per heavy atom. The molecular formula is C12H10F3NO2. The highest BCUT2D eigenvalue weighted by Gasteiger charge is 2.37. The maximum atomic E-state index is 12.9. The van der Waals surface area contributed by atoms with E-state index < -0.39 is 11.7 Å². The van der Waals surface area contributed by atoms with Crippen molar-refractivity contribution in [3.05, 3.63) is 29.3 Å². The van der Waals surface area contributed by atoms with E-state index in [-0.39, 0.29) is 30.1 Å². The molecule has 0 aliphatic carbocycles. The lowest BCUT2D eigenvalue weighted by Crippen LogP contribution is -2.26. The van der Waals surface area contributed by atoms with Crippen molar-refractivity contribution in [3.63, 3.8) is 0 Å². The van der Waals surface area contributed by atoms with Crippen molar-refractivity contribution in [1.82, 2.24) is 0 Å². The van der Waals surface area contributed by atoms with Crippen molar-refractivity contribution in [2.24, 2.45) is 0 Å². The number of aldehydes is 1. The number of nitrogens with zero attached hydrogens (tertiary/aromatic N) is 1. The molecule has 1 aromatic rings. The largest absolute Gasteiger partial charge is 0.418 e.